The molecule has 0 bridgehead atoms. The summed E-state index contributed by atoms with van der Waals surface area (Å²) < 4.78 is 0. The number of hydroxylamine groups is 4. The second-order valence-corrected chi connectivity index (χ2v) is 14.1. The predicted molar refractivity (Wildman–Crippen MR) is 196 cm³/mol. The average molecular weight is 734 g/mol. The zero-order valence-corrected chi connectivity index (χ0v) is 33.4. The third-order valence-corrected chi connectivity index (χ3v) is 9.38. The van der Waals surface area contributed by atoms with Crippen LogP contribution < -0.4 is 22.7 Å². The highest BCUT2D eigenvalue weighted by atomic mass is 79.9. The highest BCUT2D eigenvalue weighted by molar-refractivity contribution is 5.78. The summed E-state index contributed by atoms with van der Waals surface area (Å²) in [5.41, 5.74) is 5.74. The normalized spacial score (nSPS) is 11.6. The van der Waals surface area contributed by atoms with Crippen LogP contribution in [0.2, 0.25) is 0 Å². The minimum atomic E-state index is -0.0464. The number of hydrogen-bond donors (Lipinski definition) is 1. The molecule has 0 fully saturated rings. The number of ketones is 2. The van der Waals surface area contributed by atoms with Gasteiger partial charge in [0.1, 0.15) is 38.4 Å². The SMILES string of the molecule is CCCCCCCCCCCCCCCC(=O)CCO[N+](C)(CCCN)OCCC(=O)CCCCCCCCCCCCCCC.[Br-]. The van der Waals surface area contributed by atoms with Crippen molar-refractivity contribution >= 4 is 11.6 Å². The highest BCUT2D eigenvalue weighted by Crippen LogP contribution is 2.16. The summed E-state index contributed by atoms with van der Waals surface area (Å²) in [6.07, 6.45) is 37.0. The first-order chi connectivity index (χ1) is 22.5. The lowest BCUT2D eigenvalue weighted by atomic mass is 10.0. The molecule has 6 nitrogen and oxygen atoms in total. The number of carbonyl (C=O) groups excluding carboxylic acids is 2. The Balaban J connectivity index is 0. The molecule has 47 heavy (non-hydrogen) atoms. The van der Waals surface area contributed by atoms with Gasteiger partial charge < -0.3 is 22.7 Å². The number of quaternary nitrogens is 1. The minimum absolute atomic E-state index is 0. The summed E-state index contributed by atoms with van der Waals surface area (Å²) in [4.78, 5) is 36.8. The lowest BCUT2D eigenvalue weighted by Gasteiger charge is -2.28. The van der Waals surface area contributed by atoms with Gasteiger partial charge in [-0.2, -0.15) is 9.68 Å². The Morgan fingerprint density at radius 2 is 0.723 bits per heavy atom. The fourth-order valence-corrected chi connectivity index (χ4v) is 6.18. The van der Waals surface area contributed by atoms with Gasteiger partial charge in [0.25, 0.3) is 0 Å². The summed E-state index contributed by atoms with van der Waals surface area (Å²) in [6.45, 7) is 6.38. The van der Waals surface area contributed by atoms with Gasteiger partial charge in [0.15, 0.2) is 0 Å². The highest BCUT2D eigenvalue weighted by Gasteiger charge is 2.26. The van der Waals surface area contributed by atoms with Crippen LogP contribution in [-0.2, 0) is 19.3 Å². The number of Topliss-reactive ketones (excluding diaryl/α,β-unsaturated/α-hetero) is 2. The summed E-state index contributed by atoms with van der Waals surface area (Å²) in [6, 6.07) is 0. The van der Waals surface area contributed by atoms with Gasteiger partial charge in [-0.3, -0.25) is 9.59 Å². The van der Waals surface area contributed by atoms with Crippen molar-refractivity contribution in [2.24, 2.45) is 5.73 Å². The average Bonchev–Trinajstić information content (AvgIpc) is 3.04. The third-order valence-electron chi connectivity index (χ3n) is 9.38. The van der Waals surface area contributed by atoms with E-state index in [-0.39, 0.29) is 33.4 Å². The fourth-order valence-electron chi connectivity index (χ4n) is 6.18. The number of carbonyl (C=O) groups is 2. The molecule has 0 aromatic heterocycles. The van der Waals surface area contributed by atoms with Gasteiger partial charge in [0.2, 0.25) is 0 Å². The molecule has 0 rings (SSSR count). The second kappa shape index (κ2) is 38.5. The first kappa shape index (κ1) is 48.8. The van der Waals surface area contributed by atoms with Crippen LogP contribution in [0.25, 0.3) is 0 Å². The van der Waals surface area contributed by atoms with E-state index >= 15 is 0 Å². The molecule has 0 saturated heterocycles. The molecular formula is C40H81BrN2O4. The second-order valence-electron chi connectivity index (χ2n) is 14.1. The van der Waals surface area contributed by atoms with Crippen LogP contribution in [0.5, 0.6) is 0 Å². The van der Waals surface area contributed by atoms with Crippen molar-refractivity contribution in [3.8, 4) is 0 Å². The zero-order valence-electron chi connectivity index (χ0n) is 31.8. The predicted octanol–water partition coefficient (Wildman–Crippen LogP) is 8.53. The molecule has 0 aromatic carbocycles. The van der Waals surface area contributed by atoms with Crippen LogP contribution in [0.4, 0.5) is 0 Å². The Kier molecular flexibility index (Phi) is 39.9. The lowest BCUT2D eigenvalue weighted by Crippen LogP contribution is -3.00. The number of hydrogen-bond acceptors (Lipinski definition) is 5. The summed E-state index contributed by atoms with van der Waals surface area (Å²) in [5.74, 6) is 0.530. The molecule has 0 aliphatic rings. The van der Waals surface area contributed by atoms with Crippen LogP contribution >= 0.6 is 0 Å². The minimum Gasteiger partial charge on any atom is -1.00 e. The van der Waals surface area contributed by atoms with E-state index in [2.05, 4.69) is 13.8 Å². The number of nitrogens with two attached hydrogens (primary N) is 1. The molecule has 0 aliphatic heterocycles. The molecule has 0 heterocycles. The van der Waals surface area contributed by atoms with E-state index < -0.39 is 0 Å². The van der Waals surface area contributed by atoms with Gasteiger partial charge in [-0.15, -0.1) is 0 Å². The van der Waals surface area contributed by atoms with E-state index in [1.165, 1.54) is 141 Å². The van der Waals surface area contributed by atoms with E-state index in [0.717, 1.165) is 32.1 Å². The van der Waals surface area contributed by atoms with Crippen LogP contribution in [0.15, 0.2) is 0 Å². The first-order valence-electron chi connectivity index (χ1n) is 20.4. The number of rotatable bonds is 39. The smallest absolute Gasteiger partial charge is 0.143 e. The van der Waals surface area contributed by atoms with Gasteiger partial charge in [0.05, 0.1) is 0 Å². The van der Waals surface area contributed by atoms with Gasteiger partial charge in [-0.25, -0.2) is 0 Å². The van der Waals surface area contributed by atoms with Crippen molar-refractivity contribution in [1.29, 1.82) is 0 Å². The zero-order chi connectivity index (χ0) is 33.8. The monoisotopic (exact) mass is 733 g/mol. The molecule has 0 radical (unpaired) electrons. The third kappa shape index (κ3) is 36.8. The van der Waals surface area contributed by atoms with Crippen LogP contribution in [0.1, 0.15) is 213 Å². The first-order valence-corrected chi connectivity index (χ1v) is 20.4. The molecule has 0 atom stereocenters. The molecule has 0 unspecified atom stereocenters. The van der Waals surface area contributed by atoms with Crippen LogP contribution in [0.3, 0.4) is 0 Å². The topological polar surface area (TPSA) is 78.6 Å². The molecule has 0 amide bonds. The largest absolute Gasteiger partial charge is 1.00 e. The molecule has 2 N–H and O–H groups in total. The van der Waals surface area contributed by atoms with Crippen LogP contribution in [-0.4, -0.2) is 49.7 Å². The van der Waals surface area contributed by atoms with E-state index in [4.69, 9.17) is 15.4 Å². The lowest BCUT2D eigenvalue weighted by molar-refractivity contribution is -1.23. The maximum absolute atomic E-state index is 12.4. The van der Waals surface area contributed by atoms with Crippen LogP contribution in [0, 0.1) is 0 Å². The molecule has 0 spiro atoms. The Hall–Kier alpha value is -0.340. The van der Waals surface area contributed by atoms with Gasteiger partial charge >= 0.3 is 0 Å². The quantitative estimate of drug-likeness (QED) is 0.0390. The Labute approximate surface area is 303 Å². The Bertz CT molecular complexity index is 616. The summed E-state index contributed by atoms with van der Waals surface area (Å²) in [7, 11) is 1.86. The van der Waals surface area contributed by atoms with E-state index in [1.807, 2.05) is 7.05 Å². The maximum atomic E-state index is 12.4. The van der Waals surface area contributed by atoms with Crippen molar-refractivity contribution < 1.29 is 41.1 Å². The van der Waals surface area contributed by atoms with E-state index in [1.54, 1.807) is 0 Å². The molecule has 282 valence electrons. The maximum Gasteiger partial charge on any atom is 0.143 e. The Morgan fingerprint density at radius 3 is 1.00 bits per heavy atom. The molecular weight excluding hydrogens is 652 g/mol. The fraction of sp³-hybridized carbons (Fsp3) is 0.950. The Morgan fingerprint density at radius 1 is 0.447 bits per heavy atom. The van der Waals surface area contributed by atoms with E-state index in [0.29, 0.717) is 52.0 Å². The van der Waals surface area contributed by atoms with Crippen molar-refractivity contribution in [2.75, 3.05) is 33.4 Å². The van der Waals surface area contributed by atoms with Crippen molar-refractivity contribution in [3.63, 3.8) is 0 Å². The van der Waals surface area contributed by atoms with Gasteiger partial charge in [-0.05, 0) is 24.2 Å². The summed E-state index contributed by atoms with van der Waals surface area (Å²) in [5, 5.41) is 0. The van der Waals surface area contributed by atoms with Crippen molar-refractivity contribution in [1.82, 2.24) is 0 Å². The standard InChI is InChI=1S/C40H81N2O4.BrH/c1-4-6-8-10-12-14-16-18-20-22-24-26-28-31-39(43)33-37-45-42(3,36-30-35-41)46-38-34-40(44)32-29-27-25-23-21-19-17-15-13-11-9-7-5-2;/h4-38,41H2,1-3H3;1H/q+1;/p-1. The number of nitrogens with zero attached hydrogens (tertiary/aromatic N) is 1. The van der Waals surface area contributed by atoms with Crippen molar-refractivity contribution in [2.45, 2.75) is 213 Å². The van der Waals surface area contributed by atoms with Gasteiger partial charge in [0, 0.05) is 32.1 Å². The number of unbranched alkanes of at least 4 members (excludes halogenated alkanes) is 24. The summed E-state index contributed by atoms with van der Waals surface area (Å²) >= 11 is 0. The molecule has 0 aliphatic carbocycles. The molecule has 7 heteroatoms. The molecule has 0 saturated carbocycles. The molecule has 0 aromatic rings. The van der Waals surface area contributed by atoms with Gasteiger partial charge in [-0.1, -0.05) is 168 Å². The van der Waals surface area contributed by atoms with E-state index in [9.17, 15) is 9.59 Å². The number of halogens is 1. The van der Waals surface area contributed by atoms with Crippen molar-refractivity contribution in [3.05, 3.63) is 0 Å².